The van der Waals surface area contributed by atoms with Gasteiger partial charge in [-0.3, -0.25) is 0 Å². The molecule has 1 aliphatic rings. The molecular weight excluding hydrogens is 293 g/mol. The Hall–Kier alpha value is -0.420. The first kappa shape index (κ1) is 9.15. The topological polar surface area (TPSA) is 3.88 Å². The minimum Gasteiger partial charge on any atom is -1.00 e. The predicted molar refractivity (Wildman–Crippen MR) is 51.1 cm³/mol. The zero-order chi connectivity index (χ0) is 7.97. The van der Waals surface area contributed by atoms with E-state index < -0.39 is 0 Å². The number of thiazole rings is 1. The molecule has 0 radical (unpaired) electrons. The lowest BCUT2D eigenvalue weighted by molar-refractivity contribution is -0.654. The average Bonchev–Trinajstić information content (AvgIpc) is 2.62. The summed E-state index contributed by atoms with van der Waals surface area (Å²) in [6.07, 6.45) is 4.41. The van der Waals surface area contributed by atoms with Crippen LogP contribution < -0.4 is 28.5 Å². The third kappa shape index (κ3) is 1.30. The van der Waals surface area contributed by atoms with Gasteiger partial charge in [0, 0.05) is 12.1 Å². The zero-order valence-corrected chi connectivity index (χ0v) is 9.88. The van der Waals surface area contributed by atoms with Gasteiger partial charge >= 0.3 is 0 Å². The molecule has 1 nitrogen and oxygen atoms in total. The molecule has 2 aromatic rings. The van der Waals surface area contributed by atoms with E-state index >= 15 is 0 Å². The van der Waals surface area contributed by atoms with E-state index in [1.54, 1.807) is 0 Å². The lowest BCUT2D eigenvalue weighted by Gasteiger charge is -1.85. The standard InChI is InChI=1S/C10H8NS.HI/c1-2-5-9-8(4-1)11-7-3-6-10(11)12-9;/h1-6H,7H2;1H/q+1;/p-1. The van der Waals surface area contributed by atoms with E-state index in [0.29, 0.717) is 0 Å². The molecule has 1 aromatic carbocycles. The quantitative estimate of drug-likeness (QED) is 0.444. The van der Waals surface area contributed by atoms with Crippen molar-refractivity contribution in [3.63, 3.8) is 0 Å². The number of aromatic nitrogens is 1. The molecule has 1 aromatic heterocycles. The van der Waals surface area contributed by atoms with Crippen molar-refractivity contribution in [1.82, 2.24) is 0 Å². The summed E-state index contributed by atoms with van der Waals surface area (Å²) in [4.78, 5) is 0. The Bertz CT molecular complexity index is 473. The first-order valence-electron chi connectivity index (χ1n) is 4.03. The fraction of sp³-hybridized carbons (Fsp3) is 0.100. The number of fused-ring (bicyclic) bond motifs is 3. The molecule has 1 aliphatic heterocycles. The average molecular weight is 301 g/mol. The Labute approximate surface area is 97.7 Å². The van der Waals surface area contributed by atoms with Gasteiger partial charge in [0.1, 0.15) is 4.70 Å². The van der Waals surface area contributed by atoms with Gasteiger partial charge < -0.3 is 24.0 Å². The van der Waals surface area contributed by atoms with Crippen molar-refractivity contribution < 1.29 is 28.5 Å². The number of para-hydroxylation sites is 1. The molecule has 0 spiro atoms. The molecule has 2 heterocycles. The number of nitrogens with zero attached hydrogens (tertiary/aromatic N) is 1. The van der Waals surface area contributed by atoms with Crippen LogP contribution in [0, 0.1) is 0 Å². The maximum atomic E-state index is 2.35. The summed E-state index contributed by atoms with van der Waals surface area (Å²) in [7, 11) is 0. The molecule has 0 N–H and O–H groups in total. The molecule has 0 amide bonds. The summed E-state index contributed by atoms with van der Waals surface area (Å²) in [6.45, 7) is 1.04. The lowest BCUT2D eigenvalue weighted by Crippen LogP contribution is -3.00. The highest BCUT2D eigenvalue weighted by Crippen LogP contribution is 2.22. The highest BCUT2D eigenvalue weighted by molar-refractivity contribution is 7.18. The SMILES string of the molecule is C1=Cc2sc3ccccc3[n+]2C1.[I-]. The molecule has 0 fully saturated rings. The number of rotatable bonds is 0. The van der Waals surface area contributed by atoms with Crippen LogP contribution in [0.2, 0.25) is 0 Å². The van der Waals surface area contributed by atoms with Crippen molar-refractivity contribution in [3.05, 3.63) is 35.3 Å². The van der Waals surface area contributed by atoms with Gasteiger partial charge in [-0.15, -0.1) is 0 Å². The Balaban J connectivity index is 0.000000653. The Morgan fingerprint density at radius 3 is 3.00 bits per heavy atom. The fourth-order valence-corrected chi connectivity index (χ4v) is 2.73. The Morgan fingerprint density at radius 1 is 1.23 bits per heavy atom. The van der Waals surface area contributed by atoms with E-state index in [1.165, 1.54) is 15.2 Å². The van der Waals surface area contributed by atoms with Gasteiger partial charge in [-0.25, -0.2) is 0 Å². The summed E-state index contributed by atoms with van der Waals surface area (Å²) in [5.41, 5.74) is 1.36. The van der Waals surface area contributed by atoms with Gasteiger partial charge in [-0.1, -0.05) is 23.5 Å². The predicted octanol–water partition coefficient (Wildman–Crippen LogP) is -0.780. The summed E-state index contributed by atoms with van der Waals surface area (Å²) in [6, 6.07) is 8.56. The van der Waals surface area contributed by atoms with Crippen LogP contribution in [0.3, 0.4) is 0 Å². The molecule has 0 saturated heterocycles. The number of hydrogen-bond donors (Lipinski definition) is 0. The highest BCUT2D eigenvalue weighted by Gasteiger charge is 2.20. The second-order valence-corrected chi connectivity index (χ2v) is 3.98. The maximum absolute atomic E-state index is 2.35. The second kappa shape index (κ2) is 3.38. The first-order chi connectivity index (χ1) is 5.95. The summed E-state index contributed by atoms with van der Waals surface area (Å²) < 4.78 is 3.73. The monoisotopic (exact) mass is 301 g/mol. The molecule has 3 heteroatoms. The van der Waals surface area contributed by atoms with Crippen molar-refractivity contribution in [2.75, 3.05) is 0 Å². The van der Waals surface area contributed by atoms with Crippen LogP contribution >= 0.6 is 11.3 Å². The Morgan fingerprint density at radius 2 is 2.08 bits per heavy atom. The van der Waals surface area contributed by atoms with E-state index in [2.05, 4.69) is 41.0 Å². The zero-order valence-electron chi connectivity index (χ0n) is 6.90. The Kier molecular flexibility index (Phi) is 2.38. The van der Waals surface area contributed by atoms with Crippen LogP contribution in [-0.2, 0) is 6.54 Å². The molecule has 13 heavy (non-hydrogen) atoms. The van der Waals surface area contributed by atoms with Crippen LogP contribution in [0.4, 0.5) is 0 Å². The van der Waals surface area contributed by atoms with Crippen LogP contribution in [0.5, 0.6) is 0 Å². The highest BCUT2D eigenvalue weighted by atomic mass is 127. The minimum atomic E-state index is 0. The van der Waals surface area contributed by atoms with E-state index in [-0.39, 0.29) is 24.0 Å². The molecule has 0 aliphatic carbocycles. The summed E-state index contributed by atoms with van der Waals surface area (Å²) >= 11 is 1.86. The first-order valence-corrected chi connectivity index (χ1v) is 4.85. The van der Waals surface area contributed by atoms with Gasteiger partial charge in [0.15, 0.2) is 6.54 Å². The summed E-state index contributed by atoms with van der Waals surface area (Å²) in [5.74, 6) is 0. The molecule has 3 rings (SSSR count). The van der Waals surface area contributed by atoms with Crippen molar-refractivity contribution in [3.8, 4) is 0 Å². The smallest absolute Gasteiger partial charge is 0.262 e. The molecule has 0 unspecified atom stereocenters. The third-order valence-electron chi connectivity index (χ3n) is 2.19. The van der Waals surface area contributed by atoms with Crippen LogP contribution in [0.1, 0.15) is 5.01 Å². The minimum absolute atomic E-state index is 0. The van der Waals surface area contributed by atoms with Gasteiger partial charge in [-0.2, -0.15) is 4.57 Å². The van der Waals surface area contributed by atoms with E-state index in [0.717, 1.165) is 6.54 Å². The number of allylic oxidation sites excluding steroid dienone is 1. The van der Waals surface area contributed by atoms with Crippen LogP contribution in [0.15, 0.2) is 30.3 Å². The van der Waals surface area contributed by atoms with Gasteiger partial charge in [0.2, 0.25) is 5.52 Å². The maximum Gasteiger partial charge on any atom is 0.262 e. The van der Waals surface area contributed by atoms with E-state index in [9.17, 15) is 0 Å². The van der Waals surface area contributed by atoms with Gasteiger partial charge in [-0.05, 0) is 12.1 Å². The molecular formula is C10H8INS. The fourth-order valence-electron chi connectivity index (χ4n) is 1.62. The normalized spacial score (nSPS) is 12.9. The number of hydrogen-bond acceptors (Lipinski definition) is 1. The molecule has 66 valence electrons. The third-order valence-corrected chi connectivity index (χ3v) is 3.32. The van der Waals surface area contributed by atoms with E-state index in [4.69, 9.17) is 0 Å². The van der Waals surface area contributed by atoms with Crippen molar-refractivity contribution in [2.24, 2.45) is 0 Å². The number of halogens is 1. The van der Waals surface area contributed by atoms with Crippen molar-refractivity contribution in [1.29, 1.82) is 0 Å². The van der Waals surface area contributed by atoms with Crippen molar-refractivity contribution >= 4 is 27.6 Å². The summed E-state index contributed by atoms with van der Waals surface area (Å²) in [5, 5.41) is 1.37. The molecule has 0 saturated carbocycles. The lowest BCUT2D eigenvalue weighted by atomic mass is 10.3. The molecule has 0 atom stereocenters. The van der Waals surface area contributed by atoms with Gasteiger partial charge in [0.05, 0.1) is 0 Å². The van der Waals surface area contributed by atoms with Crippen molar-refractivity contribution in [2.45, 2.75) is 6.54 Å². The second-order valence-electron chi connectivity index (χ2n) is 2.92. The van der Waals surface area contributed by atoms with Gasteiger partial charge in [0.25, 0.3) is 5.01 Å². The molecule has 0 bridgehead atoms. The van der Waals surface area contributed by atoms with Crippen LogP contribution in [-0.4, -0.2) is 0 Å². The largest absolute Gasteiger partial charge is 1.00 e. The number of benzene rings is 1. The van der Waals surface area contributed by atoms with Crippen LogP contribution in [0.25, 0.3) is 16.3 Å². The van der Waals surface area contributed by atoms with E-state index in [1.807, 2.05) is 11.3 Å².